The Morgan fingerprint density at radius 1 is 1.83 bits per heavy atom. The lowest BCUT2D eigenvalue weighted by Gasteiger charge is -1.93. The number of furan rings is 1. The van der Waals surface area contributed by atoms with Crippen LogP contribution in [0.5, 0.6) is 0 Å². The highest BCUT2D eigenvalue weighted by atomic mass is 16.5. The lowest BCUT2D eigenvalue weighted by molar-refractivity contribution is -0.140. The highest BCUT2D eigenvalue weighted by Gasteiger charge is 2.04. The molecule has 0 aliphatic heterocycles. The van der Waals surface area contributed by atoms with Crippen LogP contribution in [-0.4, -0.2) is 17.0 Å². The Morgan fingerprint density at radius 3 is 3.25 bits per heavy atom. The molecule has 0 spiro atoms. The van der Waals surface area contributed by atoms with E-state index >= 15 is 0 Å². The zero-order valence-corrected chi connectivity index (χ0v) is 6.14. The number of rotatable bonds is 3. The van der Waals surface area contributed by atoms with Crippen LogP contribution < -0.4 is 0 Å². The van der Waals surface area contributed by atoms with Gasteiger partial charge in [-0.25, -0.2) is 4.79 Å². The molecule has 0 aromatic carbocycles. The van der Waals surface area contributed by atoms with Gasteiger partial charge in [0.25, 0.3) is 0 Å². The van der Waals surface area contributed by atoms with Crippen molar-refractivity contribution < 1.29 is 18.7 Å². The molecule has 0 unspecified atom stereocenters. The standard InChI is InChI=1S/C7H6N2O3/c8-9-4-7(10)12-5-6-2-1-3-11-6/h1-4H,5H2. The number of ether oxygens (including phenoxy) is 1. The molecule has 0 bridgehead atoms. The topological polar surface area (TPSA) is 75.8 Å². The summed E-state index contributed by atoms with van der Waals surface area (Å²) in [6.45, 7) is 0.0395. The molecule has 0 saturated heterocycles. The Balaban J connectivity index is 2.36. The van der Waals surface area contributed by atoms with E-state index in [0.717, 1.165) is 0 Å². The Kier molecular flexibility index (Phi) is 2.81. The fourth-order valence-corrected chi connectivity index (χ4v) is 0.621. The van der Waals surface area contributed by atoms with Crippen molar-refractivity contribution in [2.75, 3.05) is 0 Å². The molecule has 12 heavy (non-hydrogen) atoms. The van der Waals surface area contributed by atoms with Crippen LogP contribution in [0.1, 0.15) is 5.76 Å². The third kappa shape index (κ3) is 2.40. The SMILES string of the molecule is [N-]=[N+]=CC(=O)OCc1ccco1. The van der Waals surface area contributed by atoms with E-state index in [1.54, 1.807) is 12.1 Å². The number of nitrogens with zero attached hydrogens (tertiary/aromatic N) is 2. The van der Waals surface area contributed by atoms with Gasteiger partial charge in [0.2, 0.25) is 0 Å². The zero-order valence-electron chi connectivity index (χ0n) is 6.14. The summed E-state index contributed by atoms with van der Waals surface area (Å²) in [6.07, 6.45) is 2.15. The minimum Gasteiger partial charge on any atom is -0.466 e. The molecular weight excluding hydrogens is 160 g/mol. The minimum atomic E-state index is -0.714. The van der Waals surface area contributed by atoms with Gasteiger partial charge in [-0.2, -0.15) is 4.79 Å². The minimum absolute atomic E-state index is 0.0395. The highest BCUT2D eigenvalue weighted by molar-refractivity contribution is 6.20. The van der Waals surface area contributed by atoms with E-state index < -0.39 is 5.97 Å². The van der Waals surface area contributed by atoms with E-state index in [2.05, 4.69) is 9.53 Å². The molecule has 0 fully saturated rings. The van der Waals surface area contributed by atoms with Gasteiger partial charge in [-0.05, 0) is 12.1 Å². The van der Waals surface area contributed by atoms with Crippen LogP contribution in [0.2, 0.25) is 0 Å². The summed E-state index contributed by atoms with van der Waals surface area (Å²) in [7, 11) is 0. The Morgan fingerprint density at radius 2 is 2.67 bits per heavy atom. The molecule has 0 radical (unpaired) electrons. The summed E-state index contributed by atoms with van der Waals surface area (Å²) in [5.41, 5.74) is 7.94. The van der Waals surface area contributed by atoms with E-state index in [1.807, 2.05) is 0 Å². The van der Waals surface area contributed by atoms with E-state index in [0.29, 0.717) is 12.0 Å². The van der Waals surface area contributed by atoms with Gasteiger partial charge in [0.05, 0.1) is 6.26 Å². The molecule has 0 amide bonds. The maximum Gasteiger partial charge on any atom is 0.414 e. The van der Waals surface area contributed by atoms with Crippen molar-refractivity contribution in [3.63, 3.8) is 0 Å². The second-order valence-electron chi connectivity index (χ2n) is 1.93. The maximum absolute atomic E-state index is 10.6. The van der Waals surface area contributed by atoms with E-state index in [1.165, 1.54) is 6.26 Å². The fourth-order valence-electron chi connectivity index (χ4n) is 0.621. The number of hydrogen-bond donors (Lipinski definition) is 0. The number of carbonyl (C=O) groups excluding carboxylic acids is 1. The van der Waals surface area contributed by atoms with Crippen LogP contribution in [0, 0.1) is 0 Å². The summed E-state index contributed by atoms with van der Waals surface area (Å²) in [5.74, 6) is -0.177. The van der Waals surface area contributed by atoms with Crippen LogP contribution in [0.25, 0.3) is 5.53 Å². The van der Waals surface area contributed by atoms with Crippen LogP contribution in [0.4, 0.5) is 0 Å². The van der Waals surface area contributed by atoms with Crippen molar-refractivity contribution in [3.05, 3.63) is 29.7 Å². The summed E-state index contributed by atoms with van der Waals surface area (Å²) in [6, 6.07) is 3.35. The molecule has 0 N–H and O–H groups in total. The normalized spacial score (nSPS) is 8.67. The van der Waals surface area contributed by atoms with Gasteiger partial charge < -0.3 is 14.7 Å². The monoisotopic (exact) mass is 166 g/mol. The molecule has 0 saturated carbocycles. The quantitative estimate of drug-likeness (QED) is 0.286. The molecule has 1 rings (SSSR count). The second-order valence-corrected chi connectivity index (χ2v) is 1.93. The number of hydrogen-bond acceptors (Lipinski definition) is 3. The lowest BCUT2D eigenvalue weighted by Crippen LogP contribution is -2.05. The van der Waals surface area contributed by atoms with Crippen LogP contribution in [0.3, 0.4) is 0 Å². The van der Waals surface area contributed by atoms with Gasteiger partial charge in [-0.1, -0.05) is 0 Å². The van der Waals surface area contributed by atoms with Crippen molar-refractivity contribution in [2.24, 2.45) is 0 Å². The first-order chi connectivity index (χ1) is 5.83. The summed E-state index contributed by atoms with van der Waals surface area (Å²) < 4.78 is 9.46. The van der Waals surface area contributed by atoms with Crippen LogP contribution >= 0.6 is 0 Å². The van der Waals surface area contributed by atoms with Crippen molar-refractivity contribution in [1.82, 2.24) is 0 Å². The third-order valence-corrected chi connectivity index (χ3v) is 1.10. The smallest absolute Gasteiger partial charge is 0.414 e. The van der Waals surface area contributed by atoms with Crippen molar-refractivity contribution in [3.8, 4) is 0 Å². The maximum atomic E-state index is 10.6. The summed E-state index contributed by atoms with van der Waals surface area (Å²) in [4.78, 5) is 13.1. The molecule has 0 aliphatic rings. The average molecular weight is 166 g/mol. The van der Waals surface area contributed by atoms with Crippen molar-refractivity contribution in [1.29, 1.82) is 0 Å². The second kappa shape index (κ2) is 4.10. The van der Waals surface area contributed by atoms with Gasteiger partial charge in [-0.3, -0.25) is 0 Å². The summed E-state index contributed by atoms with van der Waals surface area (Å²) >= 11 is 0. The molecule has 62 valence electrons. The van der Waals surface area contributed by atoms with Gasteiger partial charge in [-0.15, -0.1) is 0 Å². The average Bonchev–Trinajstić information content (AvgIpc) is 2.53. The molecule has 5 heteroatoms. The van der Waals surface area contributed by atoms with Gasteiger partial charge in [0, 0.05) is 0 Å². The molecule has 0 aliphatic carbocycles. The fraction of sp³-hybridized carbons (Fsp3) is 0.143. The van der Waals surface area contributed by atoms with Gasteiger partial charge >= 0.3 is 12.2 Å². The largest absolute Gasteiger partial charge is 0.466 e. The first-order valence-corrected chi connectivity index (χ1v) is 3.19. The molecular formula is C7H6N2O3. The predicted octanol–water partition coefficient (Wildman–Crippen LogP) is 0.623. The zero-order chi connectivity index (χ0) is 8.81. The molecule has 1 aromatic rings. The van der Waals surface area contributed by atoms with Gasteiger partial charge in [0.1, 0.15) is 12.4 Å². The highest BCUT2D eigenvalue weighted by Crippen LogP contribution is 2.00. The lowest BCUT2D eigenvalue weighted by atomic mass is 10.5. The third-order valence-electron chi connectivity index (χ3n) is 1.10. The molecule has 1 aromatic heterocycles. The molecule has 5 nitrogen and oxygen atoms in total. The summed E-state index contributed by atoms with van der Waals surface area (Å²) in [5, 5.41) is 0. The first kappa shape index (κ1) is 8.23. The number of esters is 1. The van der Waals surface area contributed by atoms with Crippen LogP contribution in [0.15, 0.2) is 22.8 Å². The first-order valence-electron chi connectivity index (χ1n) is 3.19. The van der Waals surface area contributed by atoms with Crippen molar-refractivity contribution in [2.45, 2.75) is 6.61 Å². The van der Waals surface area contributed by atoms with E-state index in [-0.39, 0.29) is 6.61 Å². The Bertz CT molecular complexity index is 298. The Labute approximate surface area is 68.2 Å². The Hall–Kier alpha value is -1.87. The predicted molar refractivity (Wildman–Crippen MR) is 38.2 cm³/mol. The van der Waals surface area contributed by atoms with E-state index in [9.17, 15) is 4.79 Å². The van der Waals surface area contributed by atoms with Crippen LogP contribution in [-0.2, 0) is 16.1 Å². The van der Waals surface area contributed by atoms with Crippen molar-refractivity contribution >= 4 is 12.2 Å². The van der Waals surface area contributed by atoms with Gasteiger partial charge in [0.15, 0.2) is 0 Å². The van der Waals surface area contributed by atoms with E-state index in [4.69, 9.17) is 9.95 Å². The number of carbonyl (C=O) groups is 1. The molecule has 0 atom stereocenters. The molecule has 1 heterocycles.